The summed E-state index contributed by atoms with van der Waals surface area (Å²) in [5, 5.41) is 18.9. The van der Waals surface area contributed by atoms with Gasteiger partial charge >= 0.3 is 17.9 Å². The molecule has 0 fully saturated rings. The number of esters is 2. The zero-order valence-electron chi connectivity index (χ0n) is 10.9. The number of hydrogen-bond donors (Lipinski definition) is 2. The van der Waals surface area contributed by atoms with Gasteiger partial charge in [-0.3, -0.25) is 9.59 Å². The number of rotatable bonds is 7. The fourth-order valence-electron chi connectivity index (χ4n) is 1.09. The molecule has 0 amide bonds. The quantitative estimate of drug-likeness (QED) is 0.412. The van der Waals surface area contributed by atoms with Crippen LogP contribution in [0.3, 0.4) is 0 Å². The lowest BCUT2D eigenvalue weighted by Gasteiger charge is -2.26. The van der Waals surface area contributed by atoms with Gasteiger partial charge in [-0.25, -0.2) is 0 Å². The van der Waals surface area contributed by atoms with E-state index in [4.69, 9.17) is 14.6 Å². The minimum Gasteiger partial charge on any atom is -0.513 e. The van der Waals surface area contributed by atoms with Crippen LogP contribution < -0.4 is 0 Å². The standard InChI is InChI=1S/C12H20O6/c1-4-10(14)17-12(16,18-11(15)5-2)8-6-7-9(3)13/h7,13,16H,4-6,8H2,1-3H3/b9-7+. The summed E-state index contributed by atoms with van der Waals surface area (Å²) in [6.07, 6.45) is 1.60. The maximum Gasteiger partial charge on any atom is 0.373 e. The predicted molar refractivity (Wildman–Crippen MR) is 63.3 cm³/mol. The van der Waals surface area contributed by atoms with Crippen LogP contribution in [0.1, 0.15) is 46.5 Å². The van der Waals surface area contributed by atoms with Crippen molar-refractivity contribution in [3.05, 3.63) is 11.8 Å². The number of carbonyl (C=O) groups is 2. The molecule has 0 heterocycles. The van der Waals surface area contributed by atoms with Crippen molar-refractivity contribution in [1.29, 1.82) is 0 Å². The minimum absolute atomic E-state index is 0.0564. The number of ether oxygens (including phenoxy) is 2. The van der Waals surface area contributed by atoms with Crippen LogP contribution in [0.25, 0.3) is 0 Å². The van der Waals surface area contributed by atoms with Crippen LogP contribution >= 0.6 is 0 Å². The number of hydrogen-bond acceptors (Lipinski definition) is 6. The SMILES string of the molecule is CCC(=O)OC(O)(CC/C=C(\C)O)OC(=O)CC. The van der Waals surface area contributed by atoms with E-state index in [0.29, 0.717) is 0 Å². The number of aliphatic hydroxyl groups excluding tert-OH is 1. The smallest absolute Gasteiger partial charge is 0.373 e. The lowest BCUT2D eigenvalue weighted by molar-refractivity contribution is -0.327. The molecule has 0 atom stereocenters. The Balaban J connectivity index is 4.62. The molecule has 0 aliphatic carbocycles. The molecule has 0 aromatic rings. The highest BCUT2D eigenvalue weighted by molar-refractivity contribution is 5.71. The molecule has 0 aromatic carbocycles. The summed E-state index contributed by atoms with van der Waals surface area (Å²) in [5.41, 5.74) is 0. The molecule has 0 saturated heterocycles. The topological polar surface area (TPSA) is 93.1 Å². The van der Waals surface area contributed by atoms with Crippen LogP contribution in [-0.2, 0) is 19.1 Å². The van der Waals surface area contributed by atoms with E-state index in [1.165, 1.54) is 13.0 Å². The molecule has 6 nitrogen and oxygen atoms in total. The summed E-state index contributed by atoms with van der Waals surface area (Å²) >= 11 is 0. The second-order valence-electron chi connectivity index (χ2n) is 3.75. The second kappa shape index (κ2) is 7.71. The number of aliphatic hydroxyl groups is 2. The summed E-state index contributed by atoms with van der Waals surface area (Å²) in [7, 11) is 0. The van der Waals surface area contributed by atoms with Gasteiger partial charge < -0.3 is 19.7 Å². The van der Waals surface area contributed by atoms with E-state index in [2.05, 4.69) is 0 Å². The third-order valence-electron chi connectivity index (χ3n) is 2.02. The van der Waals surface area contributed by atoms with Crippen LogP contribution in [0.2, 0.25) is 0 Å². The summed E-state index contributed by atoms with van der Waals surface area (Å²) in [4.78, 5) is 22.3. The van der Waals surface area contributed by atoms with Crippen LogP contribution in [0, 0.1) is 0 Å². The highest BCUT2D eigenvalue weighted by atomic mass is 16.8. The molecule has 0 aliphatic heterocycles. The second-order valence-corrected chi connectivity index (χ2v) is 3.75. The molecule has 0 aliphatic rings. The van der Waals surface area contributed by atoms with Crippen molar-refractivity contribution in [2.24, 2.45) is 0 Å². The van der Waals surface area contributed by atoms with Crippen LogP contribution in [0.5, 0.6) is 0 Å². The van der Waals surface area contributed by atoms with E-state index in [1.54, 1.807) is 13.8 Å². The highest BCUT2D eigenvalue weighted by Crippen LogP contribution is 2.19. The Labute approximate surface area is 106 Å². The van der Waals surface area contributed by atoms with Gasteiger partial charge in [0.25, 0.3) is 0 Å². The molecule has 0 rings (SSSR count). The van der Waals surface area contributed by atoms with Gasteiger partial charge in [0.15, 0.2) is 0 Å². The lowest BCUT2D eigenvalue weighted by Crippen LogP contribution is -2.39. The number of carbonyl (C=O) groups excluding carboxylic acids is 2. The molecular formula is C12H20O6. The molecule has 0 bridgehead atoms. The zero-order valence-corrected chi connectivity index (χ0v) is 10.9. The molecule has 6 heteroatoms. The first-order valence-corrected chi connectivity index (χ1v) is 5.84. The molecule has 0 unspecified atom stereocenters. The Morgan fingerprint density at radius 2 is 1.61 bits per heavy atom. The van der Waals surface area contributed by atoms with Gasteiger partial charge in [-0.1, -0.05) is 13.8 Å². The Hall–Kier alpha value is -1.56. The molecule has 0 spiro atoms. The van der Waals surface area contributed by atoms with Crippen molar-refractivity contribution in [3.63, 3.8) is 0 Å². The van der Waals surface area contributed by atoms with E-state index in [0.717, 1.165) is 0 Å². The Morgan fingerprint density at radius 1 is 1.17 bits per heavy atom. The van der Waals surface area contributed by atoms with Gasteiger partial charge in [-0.15, -0.1) is 0 Å². The van der Waals surface area contributed by atoms with Crippen molar-refractivity contribution in [2.75, 3.05) is 0 Å². The molecular weight excluding hydrogens is 240 g/mol. The van der Waals surface area contributed by atoms with Crippen LogP contribution in [0.4, 0.5) is 0 Å². The van der Waals surface area contributed by atoms with Gasteiger partial charge in [-0.05, 0) is 19.4 Å². The van der Waals surface area contributed by atoms with Gasteiger partial charge in [0.1, 0.15) is 0 Å². The third kappa shape index (κ3) is 6.90. The average Bonchev–Trinajstić information content (AvgIpc) is 2.27. The summed E-state index contributed by atoms with van der Waals surface area (Å²) in [5.74, 6) is -3.55. The van der Waals surface area contributed by atoms with E-state index in [1.807, 2.05) is 0 Å². The molecule has 0 saturated carbocycles. The Morgan fingerprint density at radius 3 is 1.94 bits per heavy atom. The van der Waals surface area contributed by atoms with Crippen molar-refractivity contribution in [2.45, 2.75) is 52.4 Å². The van der Waals surface area contributed by atoms with E-state index in [9.17, 15) is 14.7 Å². The fraction of sp³-hybridized carbons (Fsp3) is 0.667. The largest absolute Gasteiger partial charge is 0.513 e. The third-order valence-corrected chi connectivity index (χ3v) is 2.02. The van der Waals surface area contributed by atoms with Crippen LogP contribution in [-0.4, -0.2) is 28.1 Å². The van der Waals surface area contributed by atoms with E-state index in [-0.39, 0.29) is 31.4 Å². The maximum absolute atomic E-state index is 11.2. The summed E-state index contributed by atoms with van der Waals surface area (Å²) in [6.45, 7) is 4.58. The monoisotopic (exact) mass is 260 g/mol. The fourth-order valence-corrected chi connectivity index (χ4v) is 1.09. The molecule has 0 aromatic heterocycles. The maximum atomic E-state index is 11.2. The van der Waals surface area contributed by atoms with Gasteiger partial charge in [0, 0.05) is 12.8 Å². The Kier molecular flexibility index (Phi) is 7.04. The molecule has 2 N–H and O–H groups in total. The van der Waals surface area contributed by atoms with Gasteiger partial charge in [-0.2, -0.15) is 0 Å². The van der Waals surface area contributed by atoms with Gasteiger partial charge in [0.05, 0.1) is 12.2 Å². The van der Waals surface area contributed by atoms with E-state index < -0.39 is 17.9 Å². The van der Waals surface area contributed by atoms with Crippen molar-refractivity contribution >= 4 is 11.9 Å². The number of allylic oxidation sites excluding steroid dienone is 2. The zero-order chi connectivity index (χ0) is 14.2. The first-order valence-electron chi connectivity index (χ1n) is 5.84. The normalized spacial score (nSPS) is 12.1. The first-order chi connectivity index (χ1) is 8.33. The molecule has 104 valence electrons. The molecule has 0 radical (unpaired) electrons. The van der Waals surface area contributed by atoms with E-state index >= 15 is 0 Å². The van der Waals surface area contributed by atoms with Crippen molar-refractivity contribution < 1.29 is 29.3 Å². The first kappa shape index (κ1) is 16.4. The summed E-state index contributed by atoms with van der Waals surface area (Å²) < 4.78 is 9.41. The highest BCUT2D eigenvalue weighted by Gasteiger charge is 2.35. The molecule has 18 heavy (non-hydrogen) atoms. The lowest BCUT2D eigenvalue weighted by atomic mass is 10.2. The minimum atomic E-state index is -2.27. The van der Waals surface area contributed by atoms with Crippen LogP contribution in [0.15, 0.2) is 11.8 Å². The van der Waals surface area contributed by atoms with Crippen molar-refractivity contribution in [1.82, 2.24) is 0 Å². The van der Waals surface area contributed by atoms with Gasteiger partial charge in [0.2, 0.25) is 0 Å². The van der Waals surface area contributed by atoms with Crippen molar-refractivity contribution in [3.8, 4) is 0 Å². The average molecular weight is 260 g/mol. The summed E-state index contributed by atoms with van der Waals surface area (Å²) in [6, 6.07) is 0. The predicted octanol–water partition coefficient (Wildman–Crippen LogP) is 1.78. The Bertz CT molecular complexity index is 299.